The predicted molar refractivity (Wildman–Crippen MR) is 247 cm³/mol. The maximum atomic E-state index is 2.52. The lowest BCUT2D eigenvalue weighted by Gasteiger charge is -2.20. The van der Waals surface area contributed by atoms with E-state index in [-0.39, 0.29) is 0 Å². The van der Waals surface area contributed by atoms with Crippen LogP contribution in [-0.4, -0.2) is 13.7 Å². The molecule has 0 saturated carbocycles. The Kier molecular flexibility index (Phi) is 6.60. The number of rotatable bonds is 5. The topological polar surface area (TPSA) is 14.8 Å². The van der Waals surface area contributed by atoms with Crippen LogP contribution in [0.3, 0.4) is 0 Å². The molecule has 0 radical (unpaired) electrons. The molecule has 0 aliphatic heterocycles. The quantitative estimate of drug-likeness (QED) is 0.166. The van der Waals surface area contributed by atoms with E-state index in [1.165, 1.54) is 108 Å². The van der Waals surface area contributed by atoms with Gasteiger partial charge in [0.2, 0.25) is 0 Å². The van der Waals surface area contributed by atoms with Gasteiger partial charge in [0.1, 0.15) is 0 Å². The summed E-state index contributed by atoms with van der Waals surface area (Å²) in [6.07, 6.45) is 0. The molecule has 0 atom stereocenters. The number of hydrogen-bond donors (Lipinski definition) is 0. The molecule has 4 heteroatoms. The number of fused-ring (bicyclic) bond motifs is 6. The van der Waals surface area contributed by atoms with Gasteiger partial charge in [-0.05, 0) is 77.9 Å². The summed E-state index contributed by atoms with van der Waals surface area (Å²) in [6.45, 7) is 0. The van der Waals surface area contributed by atoms with E-state index < -0.39 is 0 Å². The minimum atomic E-state index is 1.16. The van der Waals surface area contributed by atoms with Crippen molar-refractivity contribution < 1.29 is 0 Å². The van der Waals surface area contributed by atoms with E-state index in [0.29, 0.717) is 0 Å². The van der Waals surface area contributed by atoms with Gasteiger partial charge in [-0.25, -0.2) is 0 Å². The largest absolute Gasteiger partial charge is 0.309 e. The molecule has 0 N–H and O–H groups in total. The predicted octanol–water partition coefficient (Wildman–Crippen LogP) is 15.0. The fourth-order valence-corrected chi connectivity index (χ4v) is 11.0. The van der Waals surface area contributed by atoms with Gasteiger partial charge in [0.25, 0.3) is 0 Å². The van der Waals surface area contributed by atoms with Crippen molar-refractivity contribution in [2.75, 3.05) is 0 Å². The summed E-state index contributed by atoms with van der Waals surface area (Å²) in [5.74, 6) is 0. The Morgan fingerprint density at radius 3 is 1.52 bits per heavy atom. The molecule has 0 aliphatic carbocycles. The standard InChI is InChI=1S/C54H33N3S/c1-3-15-34(16-4-1)37-21-11-22-38(35-17-5-2-6-18-35)54(37)57-47-26-12-24-45-52(47)53-46(25-13-27-48(53)57)55(45)36-31-32-43-41(33-36)39-19-7-9-23-42(39)56(43)44-28-14-30-50-51(44)40-20-8-10-29-49(40)58-50/h1-33H. The number of benzene rings is 9. The molecule has 0 spiro atoms. The van der Waals surface area contributed by atoms with Crippen molar-refractivity contribution in [3.8, 4) is 39.3 Å². The second-order valence-electron chi connectivity index (χ2n) is 15.2. The number of hydrogen-bond acceptors (Lipinski definition) is 1. The van der Waals surface area contributed by atoms with E-state index >= 15 is 0 Å². The monoisotopic (exact) mass is 755 g/mol. The third-order valence-corrected chi connectivity index (χ3v) is 13.4. The Bertz CT molecular complexity index is 3610. The summed E-state index contributed by atoms with van der Waals surface area (Å²) in [4.78, 5) is 0. The first kappa shape index (κ1) is 31.8. The fourth-order valence-electron chi connectivity index (χ4n) is 9.88. The van der Waals surface area contributed by atoms with Gasteiger partial charge in [0.15, 0.2) is 0 Å². The van der Waals surface area contributed by atoms with Crippen LogP contribution in [0.1, 0.15) is 0 Å². The molecule has 0 saturated heterocycles. The molecule has 13 rings (SSSR count). The zero-order chi connectivity index (χ0) is 37.9. The Morgan fingerprint density at radius 1 is 0.310 bits per heavy atom. The second kappa shape index (κ2) is 12.1. The molecular formula is C54H33N3S. The van der Waals surface area contributed by atoms with Gasteiger partial charge in [-0.1, -0.05) is 133 Å². The summed E-state index contributed by atoms with van der Waals surface area (Å²) < 4.78 is 10.1. The first-order valence-electron chi connectivity index (χ1n) is 19.9. The van der Waals surface area contributed by atoms with Gasteiger partial charge in [0, 0.05) is 58.5 Å². The Labute approximate surface area is 337 Å². The highest BCUT2D eigenvalue weighted by Crippen LogP contribution is 2.47. The molecule has 4 heterocycles. The molecule has 0 unspecified atom stereocenters. The number of nitrogens with zero attached hydrogens (tertiary/aromatic N) is 3. The lowest BCUT2D eigenvalue weighted by Crippen LogP contribution is -2.02. The SMILES string of the molecule is c1ccc(-c2cccc(-c3ccccc3)c2-n2c3cccc4c3c3c(cccc32)n4-c2ccc3c(c2)c2ccccc2n3-c2cccc3sc4ccccc4c23)cc1. The van der Waals surface area contributed by atoms with Crippen LogP contribution in [0, 0.1) is 0 Å². The highest BCUT2D eigenvalue weighted by molar-refractivity contribution is 7.25. The minimum Gasteiger partial charge on any atom is -0.309 e. The van der Waals surface area contributed by atoms with Gasteiger partial charge >= 0.3 is 0 Å². The summed E-state index contributed by atoms with van der Waals surface area (Å²) in [5, 5.41) is 7.69. The van der Waals surface area contributed by atoms with Crippen LogP contribution in [0.4, 0.5) is 0 Å². The van der Waals surface area contributed by atoms with Crippen LogP contribution in [0.25, 0.3) is 114 Å². The van der Waals surface area contributed by atoms with Crippen LogP contribution >= 0.6 is 11.3 Å². The summed E-state index contributed by atoms with van der Waals surface area (Å²) in [7, 11) is 0. The first-order valence-corrected chi connectivity index (χ1v) is 20.7. The molecule has 0 aliphatic rings. The summed E-state index contributed by atoms with van der Waals surface area (Å²) in [5.41, 5.74) is 15.7. The lowest BCUT2D eigenvalue weighted by molar-refractivity contribution is 1.16. The molecular weight excluding hydrogens is 723 g/mol. The van der Waals surface area contributed by atoms with Crippen LogP contribution < -0.4 is 0 Å². The Morgan fingerprint density at radius 2 is 0.828 bits per heavy atom. The molecule has 0 bridgehead atoms. The molecule has 9 aromatic carbocycles. The average Bonchev–Trinajstić information content (AvgIpc) is 4.03. The normalized spacial score (nSPS) is 12.1. The van der Waals surface area contributed by atoms with Crippen molar-refractivity contribution in [2.45, 2.75) is 0 Å². The van der Waals surface area contributed by atoms with Crippen molar-refractivity contribution in [1.29, 1.82) is 0 Å². The Hall–Kier alpha value is -7.40. The van der Waals surface area contributed by atoms with Crippen LogP contribution in [0.2, 0.25) is 0 Å². The highest BCUT2D eigenvalue weighted by atomic mass is 32.1. The van der Waals surface area contributed by atoms with Gasteiger partial charge in [-0.15, -0.1) is 11.3 Å². The van der Waals surface area contributed by atoms with Crippen molar-refractivity contribution in [3.63, 3.8) is 0 Å². The van der Waals surface area contributed by atoms with E-state index in [0.717, 1.165) is 5.69 Å². The van der Waals surface area contributed by atoms with E-state index in [9.17, 15) is 0 Å². The molecule has 270 valence electrons. The molecule has 0 amide bonds. The van der Waals surface area contributed by atoms with E-state index in [1.54, 1.807) is 0 Å². The zero-order valence-corrected chi connectivity index (χ0v) is 32.1. The number of aromatic nitrogens is 3. The summed E-state index contributed by atoms with van der Waals surface area (Å²) >= 11 is 1.87. The van der Waals surface area contributed by atoms with Gasteiger partial charge < -0.3 is 13.7 Å². The average molecular weight is 756 g/mol. The van der Waals surface area contributed by atoms with E-state index in [4.69, 9.17) is 0 Å². The van der Waals surface area contributed by atoms with Crippen LogP contribution in [-0.2, 0) is 0 Å². The molecule has 3 nitrogen and oxygen atoms in total. The lowest BCUT2D eigenvalue weighted by atomic mass is 9.95. The summed E-state index contributed by atoms with van der Waals surface area (Å²) in [6, 6.07) is 73.5. The van der Waals surface area contributed by atoms with E-state index in [1.807, 2.05) is 11.3 Å². The third-order valence-electron chi connectivity index (χ3n) is 12.2. The zero-order valence-electron chi connectivity index (χ0n) is 31.3. The van der Waals surface area contributed by atoms with E-state index in [2.05, 4.69) is 214 Å². The van der Waals surface area contributed by atoms with Gasteiger partial charge in [-0.2, -0.15) is 0 Å². The minimum absolute atomic E-state index is 1.16. The fraction of sp³-hybridized carbons (Fsp3) is 0. The van der Waals surface area contributed by atoms with Crippen LogP contribution in [0.15, 0.2) is 200 Å². The Balaban J connectivity index is 1.07. The molecule has 4 aromatic heterocycles. The van der Waals surface area contributed by atoms with Crippen LogP contribution in [0.5, 0.6) is 0 Å². The van der Waals surface area contributed by atoms with Gasteiger partial charge in [0.05, 0.1) is 44.5 Å². The van der Waals surface area contributed by atoms with Crippen molar-refractivity contribution in [1.82, 2.24) is 13.7 Å². The molecule has 13 aromatic rings. The number of thiophene rings is 1. The smallest absolute Gasteiger partial charge is 0.0618 e. The highest BCUT2D eigenvalue weighted by Gasteiger charge is 2.26. The maximum Gasteiger partial charge on any atom is 0.0618 e. The van der Waals surface area contributed by atoms with Crippen molar-refractivity contribution in [2.24, 2.45) is 0 Å². The third kappa shape index (κ3) is 4.32. The first-order chi connectivity index (χ1) is 28.8. The maximum absolute atomic E-state index is 2.52. The van der Waals surface area contributed by atoms with Crippen molar-refractivity contribution >= 4 is 86.2 Å². The van der Waals surface area contributed by atoms with Crippen molar-refractivity contribution in [3.05, 3.63) is 200 Å². The second-order valence-corrected chi connectivity index (χ2v) is 16.3. The molecule has 0 fully saturated rings. The van der Waals surface area contributed by atoms with Gasteiger partial charge in [-0.3, -0.25) is 0 Å². The number of para-hydroxylation sites is 2. The molecule has 58 heavy (non-hydrogen) atoms.